The molecular weight excluding hydrogens is 963 g/mol. The number of carbonyl (C=O) groups excluding carboxylic acids is 10. The fourth-order valence-corrected chi connectivity index (χ4v) is 7.93. The van der Waals surface area contributed by atoms with Crippen LogP contribution in [0.1, 0.15) is 77.3 Å². The largest absolute Gasteiger partial charge is 0.481 e. The number of nitrogens with one attached hydrogen (secondary N) is 7. The van der Waals surface area contributed by atoms with E-state index >= 15 is 0 Å². The SMILES string of the molecule is CC(C)[C@H](NC(=O)[C@@H]1CCCN1C(=O)[C@H](CC(N)=O)NC(=O)[C@H](CC(=O)O)NC(=O)[C@@H](N)CS)C(=O)N[C@@H](Cc1cnc[nH]1)C(=O)N1CCC[C@H]1C(=O)N[C@@H](CCC(=O)O)C(=O)N[C@@H](CC(N)=O)C(=O)O. The number of thiol groups is 1. The number of aliphatic carboxylic acids is 3. The van der Waals surface area contributed by atoms with Crippen molar-refractivity contribution in [2.24, 2.45) is 23.1 Å². The van der Waals surface area contributed by atoms with Crippen molar-refractivity contribution in [3.05, 3.63) is 18.2 Å². The van der Waals surface area contributed by atoms with Crippen molar-refractivity contribution in [2.45, 2.75) is 132 Å². The maximum Gasteiger partial charge on any atom is 0.326 e. The normalized spacial score (nSPS) is 18.3. The van der Waals surface area contributed by atoms with Crippen LogP contribution in [0.2, 0.25) is 0 Å². The molecule has 0 aromatic carbocycles. The van der Waals surface area contributed by atoms with Crippen molar-refractivity contribution in [3.8, 4) is 0 Å². The van der Waals surface area contributed by atoms with Crippen LogP contribution >= 0.6 is 12.6 Å². The van der Waals surface area contributed by atoms with Gasteiger partial charge in [-0.2, -0.15) is 12.6 Å². The summed E-state index contributed by atoms with van der Waals surface area (Å²) >= 11 is 3.91. The molecule has 2 aliphatic rings. The lowest BCUT2D eigenvalue weighted by Gasteiger charge is -2.32. The molecule has 71 heavy (non-hydrogen) atoms. The Morgan fingerprint density at radius 2 is 1.18 bits per heavy atom. The van der Waals surface area contributed by atoms with E-state index in [0.29, 0.717) is 5.69 Å². The van der Waals surface area contributed by atoms with Crippen LogP contribution in [0.3, 0.4) is 0 Å². The summed E-state index contributed by atoms with van der Waals surface area (Å²) in [4.78, 5) is 176. The highest BCUT2D eigenvalue weighted by Gasteiger charge is 2.43. The van der Waals surface area contributed by atoms with E-state index in [4.69, 9.17) is 17.2 Å². The molecule has 2 saturated heterocycles. The molecule has 2 aliphatic heterocycles. The first kappa shape index (κ1) is 57.9. The number of likely N-dealkylation sites (tertiary alicyclic amines) is 2. The number of nitrogens with two attached hydrogens (primary N) is 3. The second kappa shape index (κ2) is 27.1. The van der Waals surface area contributed by atoms with Gasteiger partial charge in [0.15, 0.2) is 0 Å². The predicted octanol–water partition coefficient (Wildman–Crippen LogP) is -6.07. The zero-order valence-corrected chi connectivity index (χ0v) is 39.7. The van der Waals surface area contributed by atoms with Crippen LogP contribution in [0.15, 0.2) is 12.5 Å². The zero-order valence-electron chi connectivity index (χ0n) is 38.8. The highest BCUT2D eigenvalue weighted by Crippen LogP contribution is 2.22. The third-order valence-electron chi connectivity index (χ3n) is 11.4. The van der Waals surface area contributed by atoms with Crippen molar-refractivity contribution in [1.82, 2.24) is 51.7 Å². The summed E-state index contributed by atoms with van der Waals surface area (Å²) in [5, 5.41) is 42.3. The van der Waals surface area contributed by atoms with Gasteiger partial charge in [-0.25, -0.2) is 9.78 Å². The Bertz CT molecular complexity index is 2180. The molecule has 1 aromatic rings. The van der Waals surface area contributed by atoms with E-state index in [2.05, 4.69) is 54.5 Å². The minimum absolute atomic E-state index is 0.0237. The molecule has 29 nitrogen and oxygen atoms in total. The highest BCUT2D eigenvalue weighted by atomic mass is 32.1. The standard InChI is InChI=1S/C41H61N13O16S/c1-18(2)32(52-37(65)27-6-4-10-54(27)40(68)24(12-28(43)55)49-35(63)22(14-31(59)60)48-33(61)20(42)16-71)38(66)50-23(11-19-15-45-17-46-19)39(67)53-9-3-5-26(53)36(64)47-21(7-8-30(57)58)34(62)51-25(41(69)70)13-29(44)56/h15,17-18,20-27,32,71H,3-14,16,42H2,1-2H3,(H2,43,55)(H2,44,56)(H,45,46)(H,47,64)(H,48,61)(H,49,63)(H,50,66)(H,51,62)(H,52,65)(H,57,58)(H,59,60)(H,69,70)/t20-,21-,22-,23-,24-,25-,26-,27-,32-/m0/s1. The molecule has 0 radical (unpaired) electrons. The average molecular weight is 1020 g/mol. The summed E-state index contributed by atoms with van der Waals surface area (Å²) in [6.45, 7) is 3.06. The first-order valence-corrected chi connectivity index (χ1v) is 23.0. The maximum atomic E-state index is 14.4. The van der Waals surface area contributed by atoms with Crippen LogP contribution < -0.4 is 49.1 Å². The summed E-state index contributed by atoms with van der Waals surface area (Å²) in [5.41, 5.74) is 16.5. The quantitative estimate of drug-likeness (QED) is 0.0347. The van der Waals surface area contributed by atoms with Crippen LogP contribution in [0, 0.1) is 5.92 Å². The van der Waals surface area contributed by atoms with Gasteiger partial charge < -0.3 is 79.2 Å². The van der Waals surface area contributed by atoms with Gasteiger partial charge in [0, 0.05) is 43.6 Å². The number of hydrogen-bond acceptors (Lipinski definition) is 16. The number of carboxylic acids is 3. The number of aromatic amines is 1. The fraction of sp³-hybridized carbons (Fsp3) is 0.610. The molecule has 0 spiro atoms. The van der Waals surface area contributed by atoms with Gasteiger partial charge in [0.1, 0.15) is 48.3 Å². The minimum Gasteiger partial charge on any atom is -0.481 e. The Balaban J connectivity index is 1.84. The van der Waals surface area contributed by atoms with Crippen LogP contribution in [0.5, 0.6) is 0 Å². The van der Waals surface area contributed by atoms with Crippen molar-refractivity contribution in [1.29, 1.82) is 0 Å². The van der Waals surface area contributed by atoms with Crippen molar-refractivity contribution in [3.63, 3.8) is 0 Å². The van der Waals surface area contributed by atoms with Gasteiger partial charge in [-0.15, -0.1) is 0 Å². The molecule has 0 saturated carbocycles. The van der Waals surface area contributed by atoms with Crippen LogP contribution in [0.25, 0.3) is 0 Å². The summed E-state index contributed by atoms with van der Waals surface area (Å²) in [5.74, 6) is -15.1. The minimum atomic E-state index is -1.81. The maximum absolute atomic E-state index is 14.4. The molecule has 392 valence electrons. The number of aromatic nitrogens is 2. The van der Waals surface area contributed by atoms with Crippen molar-refractivity contribution in [2.75, 3.05) is 18.8 Å². The Kier molecular flexibility index (Phi) is 22.1. The smallest absolute Gasteiger partial charge is 0.326 e. The topological polar surface area (TPSA) is 468 Å². The van der Waals surface area contributed by atoms with Crippen molar-refractivity contribution < 1.29 is 77.6 Å². The summed E-state index contributed by atoms with van der Waals surface area (Å²) in [7, 11) is 0. The van der Waals surface area contributed by atoms with Gasteiger partial charge in [-0.3, -0.25) is 57.5 Å². The summed E-state index contributed by atoms with van der Waals surface area (Å²) in [6.07, 6.45) is -0.661. The second-order valence-corrected chi connectivity index (χ2v) is 17.6. The van der Waals surface area contributed by atoms with Crippen LogP contribution in [-0.2, 0) is 68.7 Å². The number of H-pyrrole nitrogens is 1. The average Bonchev–Trinajstić information content (AvgIpc) is 4.10. The highest BCUT2D eigenvalue weighted by molar-refractivity contribution is 7.80. The summed E-state index contributed by atoms with van der Waals surface area (Å²) < 4.78 is 0. The number of rotatable bonds is 28. The zero-order chi connectivity index (χ0) is 53.3. The van der Waals surface area contributed by atoms with Gasteiger partial charge in [0.2, 0.25) is 59.1 Å². The molecule has 16 N–H and O–H groups in total. The van der Waals surface area contributed by atoms with E-state index in [1.165, 1.54) is 12.5 Å². The molecule has 1 aromatic heterocycles. The molecule has 0 aliphatic carbocycles. The Morgan fingerprint density at radius 3 is 1.68 bits per heavy atom. The predicted molar refractivity (Wildman–Crippen MR) is 244 cm³/mol. The molecule has 9 atom stereocenters. The van der Waals surface area contributed by atoms with Crippen LogP contribution in [-0.4, -0.2) is 185 Å². The molecule has 3 rings (SSSR count). The number of amides is 10. The van der Waals surface area contributed by atoms with Gasteiger partial charge in [-0.05, 0) is 38.0 Å². The number of hydrogen-bond donors (Lipinski definition) is 14. The third kappa shape index (κ3) is 17.5. The number of carboxylic acid groups (broad SMARTS) is 3. The Hall–Kier alpha value is -7.37. The van der Waals surface area contributed by atoms with Gasteiger partial charge in [-0.1, -0.05) is 13.8 Å². The van der Waals surface area contributed by atoms with E-state index in [-0.39, 0.29) is 50.9 Å². The number of imidazole rings is 1. The molecule has 0 unspecified atom stereocenters. The van der Waals surface area contributed by atoms with Gasteiger partial charge >= 0.3 is 17.9 Å². The molecule has 30 heteroatoms. The summed E-state index contributed by atoms with van der Waals surface area (Å²) in [6, 6.07) is -13.5. The first-order chi connectivity index (χ1) is 33.3. The van der Waals surface area contributed by atoms with Gasteiger partial charge in [0.05, 0.1) is 31.6 Å². The monoisotopic (exact) mass is 1020 g/mol. The molecular formula is C41H61N13O16S. The molecule has 3 heterocycles. The molecule has 0 bridgehead atoms. The van der Waals surface area contributed by atoms with Crippen molar-refractivity contribution >= 4 is 89.6 Å². The Labute approximate surface area is 410 Å². The number of primary amides is 2. The van der Waals surface area contributed by atoms with E-state index in [1.807, 2.05) is 0 Å². The van der Waals surface area contributed by atoms with E-state index in [1.54, 1.807) is 13.8 Å². The lowest BCUT2D eigenvalue weighted by atomic mass is 10.0. The number of nitrogens with zero attached hydrogens (tertiary/aromatic N) is 3. The number of carbonyl (C=O) groups is 13. The van der Waals surface area contributed by atoms with Gasteiger partial charge in [0.25, 0.3) is 0 Å². The molecule has 10 amide bonds. The third-order valence-corrected chi connectivity index (χ3v) is 11.8. The lowest BCUT2D eigenvalue weighted by molar-refractivity contribution is -0.145. The Morgan fingerprint density at radius 1 is 0.676 bits per heavy atom. The fourth-order valence-electron chi connectivity index (χ4n) is 7.77. The first-order valence-electron chi connectivity index (χ1n) is 22.3. The van der Waals surface area contributed by atoms with Crippen LogP contribution in [0.4, 0.5) is 0 Å². The molecule has 2 fully saturated rings. The lowest BCUT2D eigenvalue weighted by Crippen LogP contribution is -2.61. The second-order valence-electron chi connectivity index (χ2n) is 17.2. The van der Waals surface area contributed by atoms with E-state index < -0.39 is 169 Å². The van der Waals surface area contributed by atoms with E-state index in [9.17, 15) is 77.6 Å². The van der Waals surface area contributed by atoms with E-state index in [0.717, 1.165) is 9.80 Å².